The summed E-state index contributed by atoms with van der Waals surface area (Å²) in [5.74, 6) is -0.838. The lowest BCUT2D eigenvalue weighted by Gasteiger charge is -2.25. The van der Waals surface area contributed by atoms with E-state index in [9.17, 15) is 9.59 Å². The van der Waals surface area contributed by atoms with Crippen molar-refractivity contribution in [3.05, 3.63) is 0 Å². The van der Waals surface area contributed by atoms with Crippen LogP contribution in [-0.2, 0) is 9.59 Å². The fourth-order valence-electron chi connectivity index (χ4n) is 2.39. The fourth-order valence-corrected chi connectivity index (χ4v) is 2.39. The van der Waals surface area contributed by atoms with Crippen molar-refractivity contribution >= 4 is 11.9 Å². The van der Waals surface area contributed by atoms with Crippen LogP contribution in [-0.4, -0.2) is 41.5 Å². The summed E-state index contributed by atoms with van der Waals surface area (Å²) in [6, 6.07) is 0. The summed E-state index contributed by atoms with van der Waals surface area (Å²) in [5, 5.41) is 8.71. The van der Waals surface area contributed by atoms with E-state index < -0.39 is 5.97 Å². The number of amides is 1. The van der Waals surface area contributed by atoms with Crippen molar-refractivity contribution in [3.8, 4) is 0 Å². The molecule has 0 aromatic heterocycles. The molecule has 1 saturated carbocycles. The van der Waals surface area contributed by atoms with Gasteiger partial charge < -0.3 is 15.7 Å². The first-order valence-electron chi connectivity index (χ1n) is 5.80. The molecule has 0 saturated heterocycles. The Bertz CT molecular complexity index is 268. The van der Waals surface area contributed by atoms with Gasteiger partial charge >= 0.3 is 5.97 Å². The van der Waals surface area contributed by atoms with Crippen molar-refractivity contribution in [2.75, 3.05) is 19.6 Å². The Morgan fingerprint density at radius 1 is 1.44 bits per heavy atom. The molecule has 5 heteroatoms. The molecule has 0 aliphatic heterocycles. The van der Waals surface area contributed by atoms with Crippen LogP contribution in [0.5, 0.6) is 0 Å². The van der Waals surface area contributed by atoms with Crippen molar-refractivity contribution in [3.63, 3.8) is 0 Å². The predicted octanol–water partition coefficient (Wildman–Crippen LogP) is 0.295. The minimum atomic E-state index is -0.961. The average Bonchev–Trinajstić information content (AvgIpc) is 2.72. The van der Waals surface area contributed by atoms with Crippen LogP contribution in [0.3, 0.4) is 0 Å². The Balaban J connectivity index is 2.63. The maximum atomic E-state index is 12.1. The molecule has 0 aromatic rings. The standard InChI is InChI=1S/C11H20N2O3/c1-2-13(7-10(14)15)11(16)9-5-3-4-8(9)6-12/h8-9H,2-7,12H2,1H3,(H,14,15). The molecule has 0 radical (unpaired) electrons. The van der Waals surface area contributed by atoms with E-state index in [1.165, 1.54) is 4.90 Å². The quantitative estimate of drug-likeness (QED) is 0.708. The Hall–Kier alpha value is -1.10. The lowest BCUT2D eigenvalue weighted by molar-refractivity contribution is -0.146. The third-order valence-corrected chi connectivity index (χ3v) is 3.30. The van der Waals surface area contributed by atoms with Crippen LogP contribution in [0.15, 0.2) is 0 Å². The van der Waals surface area contributed by atoms with E-state index in [1.807, 2.05) is 0 Å². The van der Waals surface area contributed by atoms with Gasteiger partial charge in [-0.3, -0.25) is 9.59 Å². The summed E-state index contributed by atoms with van der Waals surface area (Å²) in [5.41, 5.74) is 5.62. The summed E-state index contributed by atoms with van der Waals surface area (Å²) in [7, 11) is 0. The number of carboxylic acids is 1. The van der Waals surface area contributed by atoms with Crippen molar-refractivity contribution in [2.45, 2.75) is 26.2 Å². The van der Waals surface area contributed by atoms with E-state index in [2.05, 4.69) is 0 Å². The second-order valence-electron chi connectivity index (χ2n) is 4.28. The summed E-state index contributed by atoms with van der Waals surface area (Å²) in [6.07, 6.45) is 2.84. The third-order valence-electron chi connectivity index (χ3n) is 3.30. The molecule has 2 unspecified atom stereocenters. The number of carbonyl (C=O) groups excluding carboxylic acids is 1. The molecular formula is C11H20N2O3. The number of likely N-dealkylation sites (N-methyl/N-ethyl adjacent to an activating group) is 1. The summed E-state index contributed by atoms with van der Waals surface area (Å²) in [4.78, 5) is 24.1. The molecule has 1 fully saturated rings. The molecule has 1 rings (SSSR count). The van der Waals surface area contributed by atoms with Gasteiger partial charge in [0.15, 0.2) is 0 Å². The number of carbonyl (C=O) groups is 2. The molecule has 16 heavy (non-hydrogen) atoms. The van der Waals surface area contributed by atoms with E-state index in [0.717, 1.165) is 19.3 Å². The number of hydrogen-bond donors (Lipinski definition) is 2. The second kappa shape index (κ2) is 5.84. The van der Waals surface area contributed by atoms with Crippen LogP contribution in [0, 0.1) is 11.8 Å². The zero-order valence-corrected chi connectivity index (χ0v) is 9.69. The highest BCUT2D eigenvalue weighted by Crippen LogP contribution is 2.32. The lowest BCUT2D eigenvalue weighted by Crippen LogP contribution is -2.41. The third kappa shape index (κ3) is 2.95. The van der Waals surface area contributed by atoms with Gasteiger partial charge in [0.25, 0.3) is 0 Å². The Morgan fingerprint density at radius 3 is 2.62 bits per heavy atom. The number of rotatable bonds is 5. The topological polar surface area (TPSA) is 83.6 Å². The average molecular weight is 228 g/mol. The minimum Gasteiger partial charge on any atom is -0.480 e. The number of carboxylic acid groups (broad SMARTS) is 1. The predicted molar refractivity (Wildman–Crippen MR) is 59.8 cm³/mol. The summed E-state index contributed by atoms with van der Waals surface area (Å²) >= 11 is 0. The van der Waals surface area contributed by atoms with Gasteiger partial charge in [0.1, 0.15) is 6.54 Å². The SMILES string of the molecule is CCN(CC(=O)O)C(=O)C1CCCC1CN. The Labute approximate surface area is 95.6 Å². The number of hydrogen-bond acceptors (Lipinski definition) is 3. The first-order valence-corrected chi connectivity index (χ1v) is 5.80. The van der Waals surface area contributed by atoms with Crippen LogP contribution in [0.1, 0.15) is 26.2 Å². The molecule has 0 aromatic carbocycles. The normalized spacial score (nSPS) is 24.4. The molecule has 0 heterocycles. The zero-order valence-electron chi connectivity index (χ0n) is 9.69. The fraction of sp³-hybridized carbons (Fsp3) is 0.818. The molecule has 1 aliphatic carbocycles. The molecule has 3 N–H and O–H groups in total. The summed E-state index contributed by atoms with van der Waals surface area (Å²) < 4.78 is 0. The van der Waals surface area contributed by atoms with Crippen LogP contribution >= 0.6 is 0 Å². The van der Waals surface area contributed by atoms with E-state index in [4.69, 9.17) is 10.8 Å². The molecule has 5 nitrogen and oxygen atoms in total. The molecule has 2 atom stereocenters. The van der Waals surface area contributed by atoms with Gasteiger partial charge in [-0.2, -0.15) is 0 Å². The van der Waals surface area contributed by atoms with E-state index in [-0.39, 0.29) is 24.3 Å². The van der Waals surface area contributed by atoms with Gasteiger partial charge in [-0.05, 0) is 32.2 Å². The van der Waals surface area contributed by atoms with Gasteiger partial charge in [0, 0.05) is 12.5 Å². The molecule has 1 aliphatic rings. The molecular weight excluding hydrogens is 208 g/mol. The maximum absolute atomic E-state index is 12.1. The van der Waals surface area contributed by atoms with Crippen molar-refractivity contribution in [1.29, 1.82) is 0 Å². The highest BCUT2D eigenvalue weighted by atomic mass is 16.4. The highest BCUT2D eigenvalue weighted by molar-refractivity contribution is 5.83. The van der Waals surface area contributed by atoms with Gasteiger partial charge in [0.05, 0.1) is 0 Å². The lowest BCUT2D eigenvalue weighted by atomic mass is 9.95. The van der Waals surface area contributed by atoms with Crippen LogP contribution < -0.4 is 5.73 Å². The van der Waals surface area contributed by atoms with E-state index in [0.29, 0.717) is 13.1 Å². The zero-order chi connectivity index (χ0) is 12.1. The van der Waals surface area contributed by atoms with Crippen LogP contribution in [0.4, 0.5) is 0 Å². The van der Waals surface area contributed by atoms with Gasteiger partial charge in [0.2, 0.25) is 5.91 Å². The first-order chi connectivity index (χ1) is 7.60. The van der Waals surface area contributed by atoms with Crippen molar-refractivity contribution in [1.82, 2.24) is 4.90 Å². The largest absolute Gasteiger partial charge is 0.480 e. The van der Waals surface area contributed by atoms with E-state index >= 15 is 0 Å². The molecule has 0 bridgehead atoms. The minimum absolute atomic E-state index is 0.0437. The molecule has 0 spiro atoms. The summed E-state index contributed by atoms with van der Waals surface area (Å²) in [6.45, 7) is 2.55. The van der Waals surface area contributed by atoms with Gasteiger partial charge in [-0.25, -0.2) is 0 Å². The monoisotopic (exact) mass is 228 g/mol. The van der Waals surface area contributed by atoms with Crippen molar-refractivity contribution in [2.24, 2.45) is 17.6 Å². The smallest absolute Gasteiger partial charge is 0.323 e. The van der Waals surface area contributed by atoms with Gasteiger partial charge in [-0.15, -0.1) is 0 Å². The maximum Gasteiger partial charge on any atom is 0.323 e. The van der Waals surface area contributed by atoms with Crippen molar-refractivity contribution < 1.29 is 14.7 Å². The van der Waals surface area contributed by atoms with Crippen LogP contribution in [0.25, 0.3) is 0 Å². The highest BCUT2D eigenvalue weighted by Gasteiger charge is 2.34. The van der Waals surface area contributed by atoms with Gasteiger partial charge in [-0.1, -0.05) is 6.42 Å². The number of nitrogens with zero attached hydrogens (tertiary/aromatic N) is 1. The molecule has 1 amide bonds. The Kier molecular flexibility index (Phi) is 4.73. The number of aliphatic carboxylic acids is 1. The van der Waals surface area contributed by atoms with Crippen LogP contribution in [0.2, 0.25) is 0 Å². The second-order valence-corrected chi connectivity index (χ2v) is 4.28. The Morgan fingerprint density at radius 2 is 2.12 bits per heavy atom. The number of nitrogens with two attached hydrogens (primary N) is 1. The first kappa shape index (κ1) is 13.0. The van der Waals surface area contributed by atoms with E-state index in [1.54, 1.807) is 6.92 Å². The molecule has 92 valence electrons.